The molecule has 2 amide bonds. The quantitative estimate of drug-likeness (QED) is 0.272. The lowest BCUT2D eigenvalue weighted by atomic mass is 10.1. The van der Waals surface area contributed by atoms with Crippen molar-refractivity contribution in [2.24, 2.45) is 5.92 Å². The van der Waals surface area contributed by atoms with Crippen LogP contribution in [-0.4, -0.2) is 44.3 Å². The molecule has 0 saturated heterocycles. The lowest BCUT2D eigenvalue weighted by molar-refractivity contribution is -0.140. The summed E-state index contributed by atoms with van der Waals surface area (Å²) in [4.78, 5) is 28.8. The van der Waals surface area contributed by atoms with E-state index >= 15 is 0 Å². The fraction of sp³-hybridized carbons (Fsp3) is 0.333. The van der Waals surface area contributed by atoms with Crippen LogP contribution >= 0.6 is 23.2 Å². The molecule has 0 aromatic heterocycles. The van der Waals surface area contributed by atoms with E-state index in [1.54, 1.807) is 60.7 Å². The van der Waals surface area contributed by atoms with Gasteiger partial charge in [-0.05, 0) is 73.4 Å². The largest absolute Gasteiger partial charge is 0.354 e. The van der Waals surface area contributed by atoms with Crippen molar-refractivity contribution >= 4 is 50.7 Å². The summed E-state index contributed by atoms with van der Waals surface area (Å²) in [7, 11) is -4.14. The van der Waals surface area contributed by atoms with Crippen molar-refractivity contribution in [3.05, 3.63) is 94.0 Å². The predicted octanol–water partition coefficient (Wildman–Crippen LogP) is 6.08. The first kappa shape index (κ1) is 31.5. The number of amides is 2. The molecule has 3 aromatic carbocycles. The highest BCUT2D eigenvalue weighted by Crippen LogP contribution is 2.26. The lowest BCUT2D eigenvalue weighted by Gasteiger charge is -2.33. The second-order valence-electron chi connectivity index (χ2n) is 10.0. The molecule has 40 heavy (non-hydrogen) atoms. The van der Waals surface area contributed by atoms with E-state index in [-0.39, 0.29) is 29.0 Å². The second kappa shape index (κ2) is 14.0. The Balaban J connectivity index is 2.03. The number of rotatable bonds is 12. The Morgan fingerprint density at radius 2 is 1.43 bits per heavy atom. The molecule has 0 spiro atoms. The molecule has 0 aliphatic rings. The molecule has 7 nitrogen and oxygen atoms in total. The van der Waals surface area contributed by atoms with Crippen molar-refractivity contribution < 1.29 is 18.0 Å². The third kappa shape index (κ3) is 8.22. The number of nitrogens with zero attached hydrogens (tertiary/aromatic N) is 2. The molecule has 3 aromatic rings. The first-order valence-electron chi connectivity index (χ1n) is 13.1. The van der Waals surface area contributed by atoms with E-state index in [1.165, 1.54) is 17.0 Å². The third-order valence-corrected chi connectivity index (χ3v) is 8.63. The average Bonchev–Trinajstić information content (AvgIpc) is 2.92. The minimum absolute atomic E-state index is 0.0480. The zero-order valence-corrected chi connectivity index (χ0v) is 25.4. The monoisotopic (exact) mass is 603 g/mol. The number of halogens is 2. The topological polar surface area (TPSA) is 86.8 Å². The maximum atomic E-state index is 14.0. The van der Waals surface area contributed by atoms with E-state index in [2.05, 4.69) is 5.32 Å². The summed E-state index contributed by atoms with van der Waals surface area (Å²) >= 11 is 12.1. The molecule has 1 atom stereocenters. The average molecular weight is 605 g/mol. The third-order valence-electron chi connectivity index (χ3n) is 6.34. The number of anilines is 1. The van der Waals surface area contributed by atoms with Gasteiger partial charge in [-0.2, -0.15) is 0 Å². The Morgan fingerprint density at radius 1 is 0.875 bits per heavy atom. The van der Waals surface area contributed by atoms with Crippen LogP contribution in [0.2, 0.25) is 10.0 Å². The van der Waals surface area contributed by atoms with Crippen molar-refractivity contribution in [2.75, 3.05) is 17.4 Å². The van der Waals surface area contributed by atoms with Crippen LogP contribution in [0.3, 0.4) is 0 Å². The fourth-order valence-electron chi connectivity index (χ4n) is 4.10. The number of hydrogen-bond acceptors (Lipinski definition) is 4. The van der Waals surface area contributed by atoms with E-state index in [9.17, 15) is 18.0 Å². The first-order valence-corrected chi connectivity index (χ1v) is 15.3. The van der Waals surface area contributed by atoms with E-state index in [0.717, 1.165) is 15.4 Å². The molecule has 10 heteroatoms. The van der Waals surface area contributed by atoms with Crippen molar-refractivity contribution in [3.8, 4) is 0 Å². The summed E-state index contributed by atoms with van der Waals surface area (Å²) in [6.45, 7) is 7.69. The molecule has 0 aliphatic heterocycles. The summed E-state index contributed by atoms with van der Waals surface area (Å²) in [6.07, 6.45) is 0.342. The molecule has 1 N–H and O–H groups in total. The Hall–Kier alpha value is -3.07. The number of aryl methyl sites for hydroxylation is 1. The molecule has 0 aliphatic carbocycles. The maximum Gasteiger partial charge on any atom is 0.264 e. The maximum absolute atomic E-state index is 14.0. The molecule has 0 unspecified atom stereocenters. The van der Waals surface area contributed by atoms with E-state index < -0.39 is 28.5 Å². The zero-order valence-electron chi connectivity index (χ0n) is 23.1. The summed E-state index contributed by atoms with van der Waals surface area (Å²) in [6, 6.07) is 18.8. The molecule has 0 saturated carbocycles. The minimum atomic E-state index is -4.14. The van der Waals surface area contributed by atoms with Gasteiger partial charge >= 0.3 is 0 Å². The Kier molecular flexibility index (Phi) is 11.0. The molecule has 0 fully saturated rings. The molecule has 0 bridgehead atoms. The highest BCUT2D eigenvalue weighted by Gasteiger charge is 2.33. The van der Waals surface area contributed by atoms with E-state index in [1.807, 2.05) is 27.7 Å². The molecule has 214 valence electrons. The summed E-state index contributed by atoms with van der Waals surface area (Å²) < 4.78 is 28.8. The van der Waals surface area contributed by atoms with Crippen LogP contribution in [0.5, 0.6) is 0 Å². The van der Waals surface area contributed by atoms with Crippen LogP contribution in [0.4, 0.5) is 5.69 Å². The van der Waals surface area contributed by atoms with Gasteiger partial charge in [-0.1, -0.05) is 73.8 Å². The number of hydrogen-bond donors (Lipinski definition) is 1. The molecular weight excluding hydrogens is 569 g/mol. The van der Waals surface area contributed by atoms with Crippen LogP contribution in [0.15, 0.2) is 77.7 Å². The number of nitrogens with one attached hydrogen (secondary N) is 1. The number of carbonyl (C=O) groups excluding carboxylic acids is 2. The summed E-state index contributed by atoms with van der Waals surface area (Å²) in [5, 5.41) is 3.89. The number of carbonyl (C=O) groups is 2. The van der Waals surface area contributed by atoms with Crippen LogP contribution in [-0.2, 0) is 26.2 Å². The summed E-state index contributed by atoms with van der Waals surface area (Å²) in [5.74, 6) is -0.591. The fourth-order valence-corrected chi connectivity index (χ4v) is 5.77. The van der Waals surface area contributed by atoms with E-state index in [4.69, 9.17) is 23.2 Å². The van der Waals surface area contributed by atoms with Gasteiger partial charge in [0, 0.05) is 23.1 Å². The van der Waals surface area contributed by atoms with Gasteiger partial charge < -0.3 is 10.2 Å². The van der Waals surface area contributed by atoms with Gasteiger partial charge in [0.2, 0.25) is 11.8 Å². The van der Waals surface area contributed by atoms with Gasteiger partial charge in [0.05, 0.1) is 10.6 Å². The Labute approximate surface area is 247 Å². The van der Waals surface area contributed by atoms with E-state index in [0.29, 0.717) is 23.0 Å². The van der Waals surface area contributed by atoms with Crippen molar-refractivity contribution in [1.82, 2.24) is 10.2 Å². The van der Waals surface area contributed by atoms with Gasteiger partial charge in [-0.25, -0.2) is 8.42 Å². The van der Waals surface area contributed by atoms with Crippen LogP contribution < -0.4 is 9.62 Å². The predicted molar refractivity (Wildman–Crippen MR) is 161 cm³/mol. The highest BCUT2D eigenvalue weighted by molar-refractivity contribution is 7.92. The molecule has 0 heterocycles. The number of sulfonamides is 1. The zero-order chi connectivity index (χ0) is 29.4. The van der Waals surface area contributed by atoms with Crippen molar-refractivity contribution in [2.45, 2.75) is 51.6 Å². The Morgan fingerprint density at radius 3 is 1.95 bits per heavy atom. The van der Waals surface area contributed by atoms with Gasteiger partial charge in [0.1, 0.15) is 12.6 Å². The minimum Gasteiger partial charge on any atom is -0.354 e. The van der Waals surface area contributed by atoms with Crippen molar-refractivity contribution in [3.63, 3.8) is 0 Å². The summed E-state index contributed by atoms with van der Waals surface area (Å²) in [5.41, 5.74) is 1.94. The first-order chi connectivity index (χ1) is 18.9. The number of benzene rings is 3. The Bertz CT molecular complexity index is 1390. The second-order valence-corrected chi connectivity index (χ2v) is 12.7. The lowest BCUT2D eigenvalue weighted by Crippen LogP contribution is -2.52. The van der Waals surface area contributed by atoms with Crippen molar-refractivity contribution in [1.29, 1.82) is 0 Å². The van der Waals surface area contributed by atoms with Crippen LogP contribution in [0.1, 0.15) is 38.3 Å². The smallest absolute Gasteiger partial charge is 0.264 e. The molecular formula is C30H35Cl2N3O4S. The van der Waals surface area contributed by atoms with Gasteiger partial charge in [-0.3, -0.25) is 13.9 Å². The molecule has 0 radical (unpaired) electrons. The van der Waals surface area contributed by atoms with Crippen LogP contribution in [0.25, 0.3) is 0 Å². The highest BCUT2D eigenvalue weighted by atomic mass is 35.5. The normalized spacial score (nSPS) is 12.2. The SMILES string of the molecule is CC[C@H](C(=O)NCC(C)C)N(Cc1ccc(Cl)cc1)C(=O)CN(c1ccc(Cl)cc1)S(=O)(=O)c1ccc(C)cc1. The standard InChI is InChI=1S/C30H35Cl2N3O4S/c1-5-28(30(37)33-18-21(2)3)34(19-23-8-10-24(31)11-9-23)29(36)20-35(26-14-12-25(32)13-15-26)40(38,39)27-16-6-22(4)7-17-27/h6-17,21,28H,5,18-20H2,1-4H3,(H,33,37)/t28-/m1/s1. The molecule has 3 rings (SSSR count). The van der Waals surface area contributed by atoms with Gasteiger partial charge in [0.15, 0.2) is 0 Å². The van der Waals surface area contributed by atoms with Gasteiger partial charge in [-0.15, -0.1) is 0 Å². The van der Waals surface area contributed by atoms with Crippen LogP contribution in [0, 0.1) is 12.8 Å². The van der Waals surface area contributed by atoms with Gasteiger partial charge in [0.25, 0.3) is 10.0 Å².